The van der Waals surface area contributed by atoms with Gasteiger partial charge in [-0.25, -0.2) is 0 Å². The first-order valence-corrected chi connectivity index (χ1v) is 2.87. The minimum atomic E-state index is 0.638. The first kappa shape index (κ1) is 6.13. The summed E-state index contributed by atoms with van der Waals surface area (Å²) < 4.78 is 0. The fourth-order valence-electron chi connectivity index (χ4n) is 0.561. The van der Waals surface area contributed by atoms with Gasteiger partial charge in [-0.1, -0.05) is 0 Å². The van der Waals surface area contributed by atoms with E-state index in [0.29, 0.717) is 6.42 Å². The largest absolute Gasteiger partial charge is 0.370 e. The van der Waals surface area contributed by atoms with Gasteiger partial charge in [0.05, 0.1) is 6.20 Å². The fourth-order valence-corrected chi connectivity index (χ4v) is 0.561. The van der Waals surface area contributed by atoms with Gasteiger partial charge in [0.15, 0.2) is 0 Å². The second-order valence-electron chi connectivity index (χ2n) is 1.69. The minimum absolute atomic E-state index is 0.638. The minimum Gasteiger partial charge on any atom is -0.370 e. The van der Waals surface area contributed by atoms with Crippen molar-refractivity contribution in [3.63, 3.8) is 0 Å². The van der Waals surface area contributed by atoms with Crippen LogP contribution >= 0.6 is 0 Å². The standard InChI is InChI=1S/C6H9N3/c1-2-4-7-6-3-5-8-9-6/h1,3,5H,2,4H2,(H2,7,8,9). The third kappa shape index (κ3) is 1.76. The van der Waals surface area contributed by atoms with Gasteiger partial charge in [0.2, 0.25) is 0 Å². The summed E-state index contributed by atoms with van der Waals surface area (Å²) >= 11 is 0. The number of anilines is 1. The molecule has 48 valence electrons. The van der Waals surface area contributed by atoms with Gasteiger partial charge < -0.3 is 5.32 Å². The molecule has 0 aromatic carbocycles. The van der Waals surface area contributed by atoms with Crippen LogP contribution in [0.25, 0.3) is 0 Å². The van der Waals surface area contributed by atoms with E-state index in [2.05, 4.69) is 15.5 Å². The Morgan fingerprint density at radius 3 is 3.22 bits per heavy atom. The lowest BCUT2D eigenvalue weighted by Gasteiger charge is -1.96. The lowest BCUT2D eigenvalue weighted by atomic mass is 10.5. The summed E-state index contributed by atoms with van der Waals surface area (Å²) in [5.74, 6) is 0.917. The number of nitrogens with zero attached hydrogens (tertiary/aromatic N) is 1. The molecule has 1 aromatic rings. The Balaban J connectivity index is 2.30. The number of hydrogen-bond acceptors (Lipinski definition) is 2. The van der Waals surface area contributed by atoms with Crippen molar-refractivity contribution in [1.82, 2.24) is 10.2 Å². The predicted molar refractivity (Wildman–Crippen MR) is 36.0 cm³/mol. The van der Waals surface area contributed by atoms with Crippen LogP contribution in [-0.2, 0) is 0 Å². The highest BCUT2D eigenvalue weighted by Crippen LogP contribution is 1.96. The molecule has 2 radical (unpaired) electrons. The number of H-pyrrole nitrogens is 1. The zero-order chi connectivity index (χ0) is 6.53. The number of aromatic nitrogens is 2. The molecule has 3 heteroatoms. The SMILES string of the molecule is [CH]CCNc1ccn[nH]1. The summed E-state index contributed by atoms with van der Waals surface area (Å²) in [5, 5.41) is 9.53. The Hall–Kier alpha value is -0.990. The molecule has 0 spiro atoms. The van der Waals surface area contributed by atoms with Crippen molar-refractivity contribution < 1.29 is 0 Å². The van der Waals surface area contributed by atoms with Gasteiger partial charge in [-0.3, -0.25) is 5.10 Å². The molecule has 0 bridgehead atoms. The molecule has 1 rings (SSSR count). The van der Waals surface area contributed by atoms with Crippen LogP contribution in [0.2, 0.25) is 0 Å². The highest BCUT2D eigenvalue weighted by molar-refractivity contribution is 5.31. The smallest absolute Gasteiger partial charge is 0.121 e. The zero-order valence-electron chi connectivity index (χ0n) is 5.09. The topological polar surface area (TPSA) is 40.7 Å². The van der Waals surface area contributed by atoms with E-state index in [4.69, 9.17) is 6.92 Å². The van der Waals surface area contributed by atoms with E-state index in [0.717, 1.165) is 12.4 Å². The Kier molecular flexibility index (Phi) is 2.13. The second kappa shape index (κ2) is 3.12. The predicted octanol–water partition coefficient (Wildman–Crippen LogP) is 0.923. The van der Waals surface area contributed by atoms with Crippen LogP contribution in [0.4, 0.5) is 5.82 Å². The van der Waals surface area contributed by atoms with E-state index < -0.39 is 0 Å². The van der Waals surface area contributed by atoms with Crippen LogP contribution in [0, 0.1) is 6.92 Å². The molecule has 0 aliphatic rings. The maximum atomic E-state index is 5.25. The molecule has 0 amide bonds. The van der Waals surface area contributed by atoms with Crippen molar-refractivity contribution in [2.45, 2.75) is 6.42 Å². The molecule has 3 nitrogen and oxygen atoms in total. The molecule has 0 aliphatic carbocycles. The van der Waals surface area contributed by atoms with Crippen molar-refractivity contribution in [3.05, 3.63) is 19.2 Å². The summed E-state index contributed by atoms with van der Waals surface area (Å²) in [6.45, 7) is 6.03. The molecule has 9 heavy (non-hydrogen) atoms. The molecule has 0 atom stereocenters. The van der Waals surface area contributed by atoms with Crippen LogP contribution in [0.3, 0.4) is 0 Å². The second-order valence-corrected chi connectivity index (χ2v) is 1.69. The Morgan fingerprint density at radius 1 is 1.78 bits per heavy atom. The summed E-state index contributed by atoms with van der Waals surface area (Å²) in [4.78, 5) is 0. The van der Waals surface area contributed by atoms with Gasteiger partial charge in [0, 0.05) is 6.54 Å². The van der Waals surface area contributed by atoms with Crippen LogP contribution in [0.1, 0.15) is 6.42 Å². The Labute approximate surface area is 54.5 Å². The first-order chi connectivity index (χ1) is 4.43. The number of hydrogen-bond donors (Lipinski definition) is 2. The van der Waals surface area contributed by atoms with Gasteiger partial charge in [-0.2, -0.15) is 5.10 Å². The van der Waals surface area contributed by atoms with Gasteiger partial charge >= 0.3 is 0 Å². The Bertz CT molecular complexity index is 145. The van der Waals surface area contributed by atoms with E-state index in [1.54, 1.807) is 6.20 Å². The molecule has 0 aliphatic heterocycles. The summed E-state index contributed by atoms with van der Waals surface area (Å²) in [6.07, 6.45) is 2.33. The van der Waals surface area contributed by atoms with Gasteiger partial charge in [-0.15, -0.1) is 0 Å². The molecule has 1 aromatic heterocycles. The third-order valence-electron chi connectivity index (χ3n) is 0.961. The lowest BCUT2D eigenvalue weighted by molar-refractivity contribution is 1.02. The van der Waals surface area contributed by atoms with Gasteiger partial charge in [-0.05, 0) is 19.4 Å². The van der Waals surface area contributed by atoms with Gasteiger partial charge in [0.1, 0.15) is 5.82 Å². The van der Waals surface area contributed by atoms with E-state index in [-0.39, 0.29) is 0 Å². The van der Waals surface area contributed by atoms with Crippen LogP contribution < -0.4 is 5.32 Å². The van der Waals surface area contributed by atoms with Crippen LogP contribution in [0.15, 0.2) is 12.3 Å². The zero-order valence-corrected chi connectivity index (χ0v) is 5.09. The number of aromatic amines is 1. The van der Waals surface area contributed by atoms with Crippen molar-refractivity contribution in [2.24, 2.45) is 0 Å². The van der Waals surface area contributed by atoms with Crippen molar-refractivity contribution in [2.75, 3.05) is 11.9 Å². The molecule has 0 saturated carbocycles. The van der Waals surface area contributed by atoms with E-state index in [1.165, 1.54) is 0 Å². The fraction of sp³-hybridized carbons (Fsp3) is 0.333. The van der Waals surface area contributed by atoms with E-state index in [1.807, 2.05) is 6.07 Å². The monoisotopic (exact) mass is 123 g/mol. The van der Waals surface area contributed by atoms with Crippen LogP contribution in [0.5, 0.6) is 0 Å². The van der Waals surface area contributed by atoms with Crippen molar-refractivity contribution in [1.29, 1.82) is 0 Å². The summed E-state index contributed by atoms with van der Waals surface area (Å²) in [6, 6.07) is 1.86. The normalized spacial score (nSPS) is 9.44. The van der Waals surface area contributed by atoms with E-state index in [9.17, 15) is 0 Å². The molecule has 0 saturated heterocycles. The third-order valence-corrected chi connectivity index (χ3v) is 0.961. The molecule has 1 heterocycles. The highest BCUT2D eigenvalue weighted by Gasteiger charge is 1.86. The van der Waals surface area contributed by atoms with Crippen LogP contribution in [-0.4, -0.2) is 16.7 Å². The number of nitrogens with one attached hydrogen (secondary N) is 2. The average molecular weight is 123 g/mol. The molecular formula is C6H9N3. The van der Waals surface area contributed by atoms with Gasteiger partial charge in [0.25, 0.3) is 0 Å². The quantitative estimate of drug-likeness (QED) is 0.627. The van der Waals surface area contributed by atoms with Crippen molar-refractivity contribution in [3.8, 4) is 0 Å². The lowest BCUT2D eigenvalue weighted by Crippen LogP contribution is -1.99. The van der Waals surface area contributed by atoms with E-state index >= 15 is 0 Å². The molecule has 2 N–H and O–H groups in total. The van der Waals surface area contributed by atoms with Crippen molar-refractivity contribution >= 4 is 5.82 Å². The maximum absolute atomic E-state index is 5.25. The summed E-state index contributed by atoms with van der Waals surface area (Å²) in [7, 11) is 0. The maximum Gasteiger partial charge on any atom is 0.121 e. The molecule has 0 fully saturated rings. The number of rotatable bonds is 3. The highest BCUT2D eigenvalue weighted by atomic mass is 15.2. The summed E-state index contributed by atoms with van der Waals surface area (Å²) in [5.41, 5.74) is 0. The average Bonchev–Trinajstić information content (AvgIpc) is 2.34. The Morgan fingerprint density at radius 2 is 2.67 bits per heavy atom. The first-order valence-electron chi connectivity index (χ1n) is 2.87. The molecule has 0 unspecified atom stereocenters. The molecular weight excluding hydrogens is 114 g/mol.